The summed E-state index contributed by atoms with van der Waals surface area (Å²) in [6.07, 6.45) is -3.27. The van der Waals surface area contributed by atoms with Crippen molar-refractivity contribution in [1.82, 2.24) is 0 Å². The van der Waals surface area contributed by atoms with Gasteiger partial charge in [0.25, 0.3) is 5.69 Å². The van der Waals surface area contributed by atoms with Crippen LogP contribution in [0.3, 0.4) is 0 Å². The highest BCUT2D eigenvalue weighted by molar-refractivity contribution is 5.45. The molecule has 0 amide bonds. The van der Waals surface area contributed by atoms with E-state index in [2.05, 4.69) is 0 Å². The van der Waals surface area contributed by atoms with Gasteiger partial charge in [0.2, 0.25) is 0 Å². The Morgan fingerprint density at radius 1 is 1.39 bits per heavy atom. The maximum atomic E-state index is 12.7. The van der Waals surface area contributed by atoms with Gasteiger partial charge in [-0.15, -0.1) is 0 Å². The summed E-state index contributed by atoms with van der Waals surface area (Å²) < 4.78 is 43.1. The molecule has 0 saturated carbocycles. The Morgan fingerprint density at radius 2 is 2.06 bits per heavy atom. The molecular weight excluding hydrogens is 251 g/mol. The summed E-state index contributed by atoms with van der Waals surface area (Å²) in [5.74, 6) is -0.374. The quantitative estimate of drug-likeness (QED) is 0.461. The topological polar surface area (TPSA) is 52.4 Å². The van der Waals surface area contributed by atoms with Crippen LogP contribution in [-0.4, -0.2) is 11.5 Å². The highest BCUT2D eigenvalue weighted by atomic mass is 19.4. The normalized spacial score (nSPS) is 11.3. The Kier molecular flexibility index (Phi) is 4.52. The summed E-state index contributed by atoms with van der Waals surface area (Å²) >= 11 is 0. The van der Waals surface area contributed by atoms with E-state index in [1.54, 1.807) is 0 Å². The lowest BCUT2D eigenvalue weighted by Crippen LogP contribution is -2.10. The number of non-ortho nitro benzene ring substituents is 1. The molecule has 0 aromatic heterocycles. The molecule has 0 aliphatic heterocycles. The van der Waals surface area contributed by atoms with Gasteiger partial charge in [0, 0.05) is 12.1 Å². The summed E-state index contributed by atoms with van der Waals surface area (Å²) in [5.41, 5.74) is -1.72. The van der Waals surface area contributed by atoms with Crippen molar-refractivity contribution in [1.29, 1.82) is 0 Å². The first kappa shape index (κ1) is 14.3. The minimum absolute atomic E-state index is 0.150. The van der Waals surface area contributed by atoms with Crippen LogP contribution in [0.15, 0.2) is 18.2 Å². The lowest BCUT2D eigenvalue weighted by atomic mass is 10.1. The van der Waals surface area contributed by atoms with Crippen LogP contribution in [0.25, 0.3) is 0 Å². The fourth-order valence-corrected chi connectivity index (χ4v) is 1.31. The number of ether oxygens (including phenoxy) is 1. The highest BCUT2D eigenvalue weighted by Crippen LogP contribution is 2.38. The molecule has 7 heteroatoms. The second kappa shape index (κ2) is 5.70. The Morgan fingerprint density at radius 3 is 2.56 bits per heavy atom. The molecule has 18 heavy (non-hydrogen) atoms. The summed E-state index contributed by atoms with van der Waals surface area (Å²) in [4.78, 5) is 9.58. The average molecular weight is 263 g/mol. The molecule has 0 aliphatic carbocycles. The second-order valence-corrected chi connectivity index (χ2v) is 3.64. The van der Waals surface area contributed by atoms with E-state index in [0.29, 0.717) is 12.5 Å². The largest absolute Gasteiger partial charge is 0.493 e. The molecule has 0 N–H and O–H groups in total. The van der Waals surface area contributed by atoms with Crippen molar-refractivity contribution in [3.8, 4) is 5.75 Å². The van der Waals surface area contributed by atoms with E-state index in [0.717, 1.165) is 18.6 Å². The molecule has 1 aromatic rings. The van der Waals surface area contributed by atoms with Crippen molar-refractivity contribution in [2.45, 2.75) is 25.9 Å². The van der Waals surface area contributed by atoms with Crippen LogP contribution in [0.4, 0.5) is 18.9 Å². The minimum Gasteiger partial charge on any atom is -0.493 e. The first-order chi connectivity index (χ1) is 8.36. The van der Waals surface area contributed by atoms with E-state index in [1.165, 1.54) is 0 Å². The number of nitro benzene ring substituents is 1. The number of unbranched alkanes of at least 4 members (excludes halogenated alkanes) is 1. The number of nitro groups is 1. The van der Waals surface area contributed by atoms with Gasteiger partial charge in [-0.05, 0) is 12.5 Å². The van der Waals surface area contributed by atoms with E-state index in [-0.39, 0.29) is 12.4 Å². The number of hydrogen-bond donors (Lipinski definition) is 0. The van der Waals surface area contributed by atoms with Gasteiger partial charge in [-0.25, -0.2) is 0 Å². The van der Waals surface area contributed by atoms with E-state index in [9.17, 15) is 23.3 Å². The Labute approximate surface area is 102 Å². The third-order valence-corrected chi connectivity index (χ3v) is 2.23. The van der Waals surface area contributed by atoms with Gasteiger partial charge >= 0.3 is 6.18 Å². The molecule has 4 nitrogen and oxygen atoms in total. The zero-order chi connectivity index (χ0) is 13.8. The minimum atomic E-state index is -4.67. The van der Waals surface area contributed by atoms with E-state index in [4.69, 9.17) is 4.74 Å². The standard InChI is InChI=1S/C11H12F3NO3/c1-2-3-6-18-10-5-4-8(15(16)17)7-9(10)11(12,13)14/h4-5,7H,2-3,6H2,1H3. The summed E-state index contributed by atoms with van der Waals surface area (Å²) in [5, 5.41) is 10.4. The molecule has 0 radical (unpaired) electrons. The second-order valence-electron chi connectivity index (χ2n) is 3.64. The van der Waals surface area contributed by atoms with Crippen molar-refractivity contribution < 1.29 is 22.8 Å². The van der Waals surface area contributed by atoms with Crippen LogP contribution in [0.1, 0.15) is 25.3 Å². The van der Waals surface area contributed by atoms with Crippen LogP contribution in [0.5, 0.6) is 5.75 Å². The van der Waals surface area contributed by atoms with E-state index < -0.39 is 22.4 Å². The lowest BCUT2D eigenvalue weighted by molar-refractivity contribution is -0.385. The summed E-state index contributed by atoms with van der Waals surface area (Å²) in [6, 6.07) is 2.47. The smallest absolute Gasteiger partial charge is 0.420 e. The Balaban J connectivity index is 3.05. The van der Waals surface area contributed by atoms with Crippen molar-refractivity contribution in [3.05, 3.63) is 33.9 Å². The molecule has 100 valence electrons. The molecule has 0 heterocycles. The highest BCUT2D eigenvalue weighted by Gasteiger charge is 2.36. The van der Waals surface area contributed by atoms with Gasteiger partial charge in [-0.2, -0.15) is 13.2 Å². The Bertz CT molecular complexity index is 432. The van der Waals surface area contributed by atoms with E-state index >= 15 is 0 Å². The van der Waals surface area contributed by atoms with Gasteiger partial charge in [-0.1, -0.05) is 13.3 Å². The molecular formula is C11H12F3NO3. The van der Waals surface area contributed by atoms with Crippen LogP contribution in [0.2, 0.25) is 0 Å². The van der Waals surface area contributed by atoms with Crippen molar-refractivity contribution in [2.75, 3.05) is 6.61 Å². The van der Waals surface area contributed by atoms with Gasteiger partial charge in [0.1, 0.15) is 11.3 Å². The molecule has 1 rings (SSSR count). The lowest BCUT2D eigenvalue weighted by Gasteiger charge is -2.13. The fraction of sp³-hybridized carbons (Fsp3) is 0.455. The van der Waals surface area contributed by atoms with Gasteiger partial charge < -0.3 is 4.74 Å². The fourth-order valence-electron chi connectivity index (χ4n) is 1.31. The molecule has 0 spiro atoms. The van der Waals surface area contributed by atoms with Crippen LogP contribution in [-0.2, 0) is 6.18 Å². The van der Waals surface area contributed by atoms with Gasteiger partial charge in [0.05, 0.1) is 11.5 Å². The molecule has 0 aliphatic rings. The monoisotopic (exact) mass is 263 g/mol. The van der Waals surface area contributed by atoms with E-state index in [1.807, 2.05) is 6.92 Å². The third kappa shape index (κ3) is 3.61. The molecule has 0 fully saturated rings. The van der Waals surface area contributed by atoms with Crippen molar-refractivity contribution in [3.63, 3.8) is 0 Å². The number of benzene rings is 1. The maximum Gasteiger partial charge on any atom is 0.420 e. The zero-order valence-corrected chi connectivity index (χ0v) is 9.66. The molecule has 0 saturated heterocycles. The molecule has 1 aromatic carbocycles. The maximum absolute atomic E-state index is 12.7. The summed E-state index contributed by atoms with van der Waals surface area (Å²) in [6.45, 7) is 2.03. The van der Waals surface area contributed by atoms with Crippen molar-refractivity contribution in [2.24, 2.45) is 0 Å². The number of alkyl halides is 3. The number of halogens is 3. The Hall–Kier alpha value is -1.79. The number of nitrogens with zero attached hydrogens (tertiary/aromatic N) is 1. The summed E-state index contributed by atoms with van der Waals surface area (Å²) in [7, 11) is 0. The zero-order valence-electron chi connectivity index (χ0n) is 9.66. The van der Waals surface area contributed by atoms with Gasteiger partial charge in [-0.3, -0.25) is 10.1 Å². The van der Waals surface area contributed by atoms with Crippen molar-refractivity contribution >= 4 is 5.69 Å². The molecule has 0 atom stereocenters. The predicted molar refractivity (Wildman–Crippen MR) is 58.5 cm³/mol. The SMILES string of the molecule is CCCCOc1ccc([N+](=O)[O-])cc1C(F)(F)F. The van der Waals surface area contributed by atoms with Crippen LogP contribution in [0, 0.1) is 10.1 Å². The molecule has 0 unspecified atom stereocenters. The van der Waals surface area contributed by atoms with Gasteiger partial charge in [0.15, 0.2) is 0 Å². The van der Waals surface area contributed by atoms with Crippen LogP contribution < -0.4 is 4.74 Å². The first-order valence-electron chi connectivity index (χ1n) is 5.34. The predicted octanol–water partition coefficient (Wildman–Crippen LogP) is 3.79. The third-order valence-electron chi connectivity index (χ3n) is 2.23. The first-order valence-corrected chi connectivity index (χ1v) is 5.34. The number of hydrogen-bond acceptors (Lipinski definition) is 3. The number of rotatable bonds is 5. The molecule has 0 bridgehead atoms. The average Bonchev–Trinajstić information content (AvgIpc) is 2.28. The van der Waals surface area contributed by atoms with Crippen LogP contribution >= 0.6 is 0 Å².